The summed E-state index contributed by atoms with van der Waals surface area (Å²) in [4.78, 5) is 2.51. The van der Waals surface area contributed by atoms with Crippen LogP contribution in [0.2, 0.25) is 0 Å². The predicted octanol–water partition coefficient (Wildman–Crippen LogP) is 18.2. The first-order valence-electron chi connectivity index (χ1n) is 23.9. The maximum atomic E-state index is 6.25. The van der Waals surface area contributed by atoms with E-state index in [1.807, 2.05) is 12.1 Å². The molecule has 2 aliphatic rings. The molecule has 1 heterocycles. The number of para-hydroxylation sites is 1. The van der Waals surface area contributed by atoms with Crippen molar-refractivity contribution in [2.45, 2.75) is 5.41 Å². The van der Waals surface area contributed by atoms with E-state index in [1.165, 1.54) is 82.4 Å². The second-order valence-corrected chi connectivity index (χ2v) is 18.7. The van der Waals surface area contributed by atoms with Crippen molar-refractivity contribution in [1.82, 2.24) is 0 Å². The molecule has 1 spiro atoms. The Bertz CT molecular complexity index is 4140. The second-order valence-electron chi connectivity index (χ2n) is 18.7. The number of benzene rings is 12. The minimum Gasteiger partial charge on any atom is -0.456 e. The van der Waals surface area contributed by atoms with Crippen molar-refractivity contribution in [1.29, 1.82) is 0 Å². The Morgan fingerprint density at radius 1 is 0.275 bits per heavy atom. The molecule has 0 saturated heterocycles. The van der Waals surface area contributed by atoms with Crippen molar-refractivity contribution in [2.75, 3.05) is 4.90 Å². The van der Waals surface area contributed by atoms with E-state index in [4.69, 9.17) is 4.42 Å². The first-order valence-corrected chi connectivity index (χ1v) is 23.9. The zero-order valence-electron chi connectivity index (χ0n) is 37.5. The average Bonchev–Trinajstić information content (AvgIpc) is 4.05. The molecule has 69 heavy (non-hydrogen) atoms. The van der Waals surface area contributed by atoms with Crippen LogP contribution in [0.4, 0.5) is 17.1 Å². The zero-order chi connectivity index (χ0) is 45.2. The third kappa shape index (κ3) is 5.37. The predicted molar refractivity (Wildman–Crippen MR) is 288 cm³/mol. The van der Waals surface area contributed by atoms with E-state index in [9.17, 15) is 0 Å². The van der Waals surface area contributed by atoms with Crippen LogP contribution in [-0.4, -0.2) is 0 Å². The maximum absolute atomic E-state index is 6.25. The van der Waals surface area contributed by atoms with Crippen molar-refractivity contribution >= 4 is 71.3 Å². The van der Waals surface area contributed by atoms with Crippen LogP contribution < -0.4 is 4.90 Å². The molecule has 2 nitrogen and oxygen atoms in total. The lowest BCUT2D eigenvalue weighted by atomic mass is 9.70. The molecule has 2 heteroatoms. The van der Waals surface area contributed by atoms with E-state index in [0.717, 1.165) is 55.7 Å². The van der Waals surface area contributed by atoms with E-state index >= 15 is 0 Å². The van der Waals surface area contributed by atoms with Crippen molar-refractivity contribution in [2.24, 2.45) is 0 Å². The molecule has 0 N–H and O–H groups in total. The molecule has 2 aliphatic carbocycles. The summed E-state index contributed by atoms with van der Waals surface area (Å²) in [5.41, 5.74) is 19.9. The van der Waals surface area contributed by atoms with Gasteiger partial charge in [0.25, 0.3) is 0 Å². The normalized spacial score (nSPS) is 13.0. The minimum atomic E-state index is -0.462. The van der Waals surface area contributed by atoms with Gasteiger partial charge in [-0.3, -0.25) is 0 Å². The van der Waals surface area contributed by atoms with Crippen LogP contribution in [0.25, 0.3) is 98.8 Å². The summed E-state index contributed by atoms with van der Waals surface area (Å²) in [5.74, 6) is 0. The molecule has 15 rings (SSSR count). The van der Waals surface area contributed by atoms with Gasteiger partial charge in [0.15, 0.2) is 0 Å². The van der Waals surface area contributed by atoms with Gasteiger partial charge in [-0.1, -0.05) is 200 Å². The van der Waals surface area contributed by atoms with Crippen LogP contribution in [-0.2, 0) is 5.41 Å². The highest BCUT2D eigenvalue weighted by atomic mass is 16.3. The summed E-state index contributed by atoms with van der Waals surface area (Å²) in [5, 5.41) is 9.79. The molecule has 0 amide bonds. The van der Waals surface area contributed by atoms with Gasteiger partial charge in [-0.05, 0) is 142 Å². The Morgan fingerprint density at radius 3 is 1.33 bits per heavy atom. The van der Waals surface area contributed by atoms with Gasteiger partial charge < -0.3 is 9.32 Å². The van der Waals surface area contributed by atoms with Crippen LogP contribution in [0, 0.1) is 0 Å². The third-order valence-corrected chi connectivity index (χ3v) is 15.3. The fourth-order valence-corrected chi connectivity index (χ4v) is 12.3. The highest BCUT2D eigenvalue weighted by Gasteiger charge is 2.51. The van der Waals surface area contributed by atoms with E-state index in [0.29, 0.717) is 0 Å². The standard InChI is InChI=1S/C67H41NO/c1-2-15-50-48(14-1)49-16-3-4-21-57(49)66-58(50)22-13-26-63(66)68(46-35-32-43(33-36-46)42-28-30-44(31-29-42)45-34-38-56-55-20-8-12-27-64(55)69-65(56)40-45)47-37-39-54-53-19-7-11-25-61(53)67(62(54)41-47)59-23-9-5-17-51(59)52-18-6-10-24-60(52)67/h1-41H. The summed E-state index contributed by atoms with van der Waals surface area (Å²) in [6.45, 7) is 0. The highest BCUT2D eigenvalue weighted by molar-refractivity contribution is 6.28. The molecule has 1 aromatic heterocycles. The Kier molecular flexibility index (Phi) is 8.02. The number of hydrogen-bond acceptors (Lipinski definition) is 2. The molecule has 13 aromatic rings. The lowest BCUT2D eigenvalue weighted by Crippen LogP contribution is -2.26. The smallest absolute Gasteiger partial charge is 0.136 e. The molecule has 0 unspecified atom stereocenters. The van der Waals surface area contributed by atoms with Crippen molar-refractivity contribution in [3.63, 3.8) is 0 Å². The summed E-state index contributed by atoms with van der Waals surface area (Å²) < 4.78 is 6.25. The molecule has 0 bridgehead atoms. The molecule has 0 fully saturated rings. The molecule has 12 aromatic carbocycles. The van der Waals surface area contributed by atoms with Crippen molar-refractivity contribution in [3.8, 4) is 44.5 Å². The molecule has 0 radical (unpaired) electrons. The minimum absolute atomic E-state index is 0.462. The monoisotopic (exact) mass is 875 g/mol. The fourth-order valence-electron chi connectivity index (χ4n) is 12.3. The van der Waals surface area contributed by atoms with Gasteiger partial charge in [0.1, 0.15) is 11.2 Å². The topological polar surface area (TPSA) is 16.4 Å². The van der Waals surface area contributed by atoms with Crippen LogP contribution in [0.1, 0.15) is 22.3 Å². The van der Waals surface area contributed by atoms with E-state index in [2.05, 4.69) is 241 Å². The van der Waals surface area contributed by atoms with Crippen LogP contribution in [0.15, 0.2) is 253 Å². The van der Waals surface area contributed by atoms with Crippen molar-refractivity contribution in [3.05, 3.63) is 271 Å². The molecule has 0 atom stereocenters. The Balaban J connectivity index is 0.914. The van der Waals surface area contributed by atoms with Crippen molar-refractivity contribution < 1.29 is 4.42 Å². The SMILES string of the molecule is c1ccc2c(c1)-c1ccccc1C21c2ccccc2-c2ccc(N(c3ccc(-c4ccc(-c5ccc6c(c5)oc5ccccc56)cc4)cc3)c3cccc4c5ccccc5c5ccccc5c34)cc21. The quantitative estimate of drug-likeness (QED) is 0.160. The Labute approximate surface area is 399 Å². The van der Waals surface area contributed by atoms with E-state index < -0.39 is 5.41 Å². The Hall–Kier alpha value is -8.98. The zero-order valence-corrected chi connectivity index (χ0v) is 37.5. The van der Waals surface area contributed by atoms with Gasteiger partial charge in [0, 0.05) is 27.5 Å². The number of fused-ring (bicyclic) bond motifs is 19. The Morgan fingerprint density at radius 2 is 0.710 bits per heavy atom. The summed E-state index contributed by atoms with van der Waals surface area (Å²) >= 11 is 0. The van der Waals surface area contributed by atoms with Gasteiger partial charge in [0.05, 0.1) is 11.1 Å². The molecule has 0 saturated carbocycles. The largest absolute Gasteiger partial charge is 0.456 e. The first kappa shape index (κ1) is 38.2. The van der Waals surface area contributed by atoms with Gasteiger partial charge in [-0.25, -0.2) is 0 Å². The number of furan rings is 1. The van der Waals surface area contributed by atoms with Crippen LogP contribution >= 0.6 is 0 Å². The van der Waals surface area contributed by atoms with Gasteiger partial charge in [0.2, 0.25) is 0 Å². The van der Waals surface area contributed by atoms with Crippen LogP contribution in [0.5, 0.6) is 0 Å². The summed E-state index contributed by atoms with van der Waals surface area (Å²) in [6.07, 6.45) is 0. The lowest BCUT2D eigenvalue weighted by molar-refractivity contribution is 0.669. The highest BCUT2D eigenvalue weighted by Crippen LogP contribution is 2.63. The van der Waals surface area contributed by atoms with E-state index in [1.54, 1.807) is 0 Å². The van der Waals surface area contributed by atoms with Gasteiger partial charge in [-0.15, -0.1) is 0 Å². The summed E-state index contributed by atoms with van der Waals surface area (Å²) in [7, 11) is 0. The summed E-state index contributed by atoms with van der Waals surface area (Å²) in [6, 6.07) is 92.0. The lowest BCUT2D eigenvalue weighted by Gasteiger charge is -2.32. The van der Waals surface area contributed by atoms with Crippen LogP contribution in [0.3, 0.4) is 0 Å². The molecule has 0 aliphatic heterocycles. The number of anilines is 3. The fraction of sp³-hybridized carbons (Fsp3) is 0.0149. The average molecular weight is 876 g/mol. The molecular formula is C67H41NO. The van der Waals surface area contributed by atoms with Gasteiger partial charge in [-0.2, -0.15) is 0 Å². The second kappa shape index (κ2) is 14.5. The molecular weight excluding hydrogens is 835 g/mol. The number of nitrogens with zero attached hydrogens (tertiary/aromatic N) is 1. The first-order chi connectivity index (χ1) is 34.2. The maximum Gasteiger partial charge on any atom is 0.136 e. The number of hydrogen-bond donors (Lipinski definition) is 0. The number of rotatable bonds is 5. The third-order valence-electron chi connectivity index (χ3n) is 15.3. The van der Waals surface area contributed by atoms with E-state index in [-0.39, 0.29) is 0 Å². The molecule has 320 valence electrons. The van der Waals surface area contributed by atoms with Gasteiger partial charge >= 0.3 is 0 Å².